The Morgan fingerprint density at radius 3 is 2.42 bits per heavy atom. The minimum Gasteiger partial charge on any atom is -0.465 e. The van der Waals surface area contributed by atoms with Crippen molar-refractivity contribution in [2.75, 3.05) is 19.4 Å². The van der Waals surface area contributed by atoms with Crippen LogP contribution in [-0.2, 0) is 9.53 Å². The molecule has 0 aliphatic rings. The van der Waals surface area contributed by atoms with Crippen LogP contribution in [0.25, 0.3) is 0 Å². The van der Waals surface area contributed by atoms with Crippen molar-refractivity contribution in [3.8, 4) is 0 Å². The number of carbonyl (C=O) groups is 2. The van der Waals surface area contributed by atoms with Crippen molar-refractivity contribution in [1.82, 2.24) is 15.3 Å². The lowest BCUT2D eigenvalue weighted by molar-refractivity contribution is -0.136. The molecule has 1 aromatic heterocycles. The second-order valence-electron chi connectivity index (χ2n) is 5.17. The van der Waals surface area contributed by atoms with Gasteiger partial charge >= 0.3 is 12.1 Å². The number of aryl methyl sites for hydroxylation is 1. The minimum atomic E-state index is -4.48. The summed E-state index contributed by atoms with van der Waals surface area (Å²) < 4.78 is 40.9. The smallest absolute Gasteiger partial charge is 0.405 e. The van der Waals surface area contributed by atoms with Crippen LogP contribution >= 0.6 is 11.8 Å². The van der Waals surface area contributed by atoms with Crippen molar-refractivity contribution in [1.29, 1.82) is 0 Å². The third kappa shape index (κ3) is 5.99. The minimum absolute atomic E-state index is 0.0196. The average molecular weight is 365 g/mol. The lowest BCUT2D eigenvalue weighted by Gasteiger charge is -2.13. The fraction of sp³-hybridized carbons (Fsp3) is 0.571. The summed E-state index contributed by atoms with van der Waals surface area (Å²) >= 11 is 0.864. The molecule has 1 aromatic rings. The average Bonchev–Trinajstić information content (AvgIpc) is 2.48. The summed E-state index contributed by atoms with van der Waals surface area (Å²) in [6.45, 7) is 3.91. The number of rotatable bonds is 6. The molecule has 6 nitrogen and oxygen atoms in total. The second-order valence-corrected chi connectivity index (χ2v) is 6.14. The number of thioether (sulfide) groups is 1. The molecule has 0 fully saturated rings. The molecule has 1 amide bonds. The van der Waals surface area contributed by atoms with Gasteiger partial charge < -0.3 is 10.1 Å². The van der Waals surface area contributed by atoms with Gasteiger partial charge in [-0.1, -0.05) is 25.6 Å². The van der Waals surface area contributed by atoms with E-state index in [1.165, 1.54) is 7.11 Å². The van der Waals surface area contributed by atoms with Gasteiger partial charge in [-0.25, -0.2) is 14.8 Å². The first kappa shape index (κ1) is 20.2. The SMILES string of the molecule is COC(=O)c1c(C)nc(C(C)C)nc1SCC(=O)NCC(F)(F)F. The number of hydrogen-bond donors (Lipinski definition) is 1. The summed E-state index contributed by atoms with van der Waals surface area (Å²) in [5.74, 6) is -1.34. The molecule has 0 bridgehead atoms. The van der Waals surface area contributed by atoms with Crippen molar-refractivity contribution in [3.05, 3.63) is 17.1 Å². The number of methoxy groups -OCH3 is 1. The molecular formula is C14H18F3N3O3S. The molecule has 0 radical (unpaired) electrons. The number of nitrogens with zero attached hydrogens (tertiary/aromatic N) is 2. The van der Waals surface area contributed by atoms with Crippen LogP contribution in [-0.4, -0.2) is 47.4 Å². The maximum Gasteiger partial charge on any atom is 0.405 e. The van der Waals surface area contributed by atoms with Crippen molar-refractivity contribution in [3.63, 3.8) is 0 Å². The van der Waals surface area contributed by atoms with E-state index in [9.17, 15) is 22.8 Å². The van der Waals surface area contributed by atoms with Crippen molar-refractivity contribution >= 4 is 23.6 Å². The summed E-state index contributed by atoms with van der Waals surface area (Å²) in [6.07, 6.45) is -4.48. The highest BCUT2D eigenvalue weighted by atomic mass is 32.2. The lowest BCUT2D eigenvalue weighted by atomic mass is 10.2. The van der Waals surface area contributed by atoms with Gasteiger partial charge in [-0.15, -0.1) is 0 Å². The number of halogens is 3. The summed E-state index contributed by atoms with van der Waals surface area (Å²) in [6, 6.07) is 0. The van der Waals surface area contributed by atoms with E-state index in [2.05, 4.69) is 14.7 Å². The van der Waals surface area contributed by atoms with Crippen LogP contribution in [0.2, 0.25) is 0 Å². The van der Waals surface area contributed by atoms with Gasteiger partial charge in [-0.3, -0.25) is 4.79 Å². The normalized spacial score (nSPS) is 11.5. The molecule has 0 unspecified atom stereocenters. The predicted octanol–water partition coefficient (Wildman–Crippen LogP) is 2.47. The maximum atomic E-state index is 12.1. The van der Waals surface area contributed by atoms with Crippen LogP contribution in [0, 0.1) is 6.92 Å². The van der Waals surface area contributed by atoms with Gasteiger partial charge in [0, 0.05) is 5.92 Å². The number of hydrogen-bond acceptors (Lipinski definition) is 6. The summed E-state index contributed by atoms with van der Waals surface area (Å²) in [7, 11) is 1.20. The summed E-state index contributed by atoms with van der Waals surface area (Å²) in [5.41, 5.74) is 0.495. The van der Waals surface area contributed by atoms with Crippen LogP contribution in [0.4, 0.5) is 13.2 Å². The summed E-state index contributed by atoms with van der Waals surface area (Å²) in [5, 5.41) is 1.97. The Hall–Kier alpha value is -1.84. The van der Waals surface area contributed by atoms with Gasteiger partial charge in [0.15, 0.2) is 0 Å². The Morgan fingerprint density at radius 1 is 1.29 bits per heavy atom. The van der Waals surface area contributed by atoms with Gasteiger partial charge in [0.05, 0.1) is 18.6 Å². The van der Waals surface area contributed by atoms with E-state index >= 15 is 0 Å². The first-order chi connectivity index (χ1) is 11.0. The highest BCUT2D eigenvalue weighted by Gasteiger charge is 2.28. The Bertz CT molecular complexity index is 621. The number of aromatic nitrogens is 2. The molecule has 0 saturated heterocycles. The van der Waals surface area contributed by atoms with E-state index in [1.54, 1.807) is 12.2 Å². The molecular weight excluding hydrogens is 347 g/mol. The molecule has 0 atom stereocenters. The van der Waals surface area contributed by atoms with Gasteiger partial charge in [-0.05, 0) is 6.92 Å². The first-order valence-electron chi connectivity index (χ1n) is 6.98. The zero-order valence-corrected chi connectivity index (χ0v) is 14.5. The Labute approximate surface area is 141 Å². The van der Waals surface area contributed by atoms with Gasteiger partial charge in [0.25, 0.3) is 0 Å². The van der Waals surface area contributed by atoms with Crippen molar-refractivity contribution in [2.45, 2.75) is 37.9 Å². The number of amides is 1. The van der Waals surface area contributed by atoms with E-state index in [4.69, 9.17) is 0 Å². The number of esters is 1. The third-order valence-electron chi connectivity index (χ3n) is 2.81. The van der Waals surface area contributed by atoms with E-state index in [0.717, 1.165) is 11.8 Å². The molecule has 0 aliphatic carbocycles. The number of nitrogens with one attached hydrogen (secondary N) is 1. The van der Waals surface area contributed by atoms with E-state index in [0.29, 0.717) is 11.5 Å². The molecule has 24 heavy (non-hydrogen) atoms. The quantitative estimate of drug-likeness (QED) is 0.474. The van der Waals surface area contributed by atoms with Gasteiger partial charge in [-0.2, -0.15) is 13.2 Å². The zero-order valence-electron chi connectivity index (χ0n) is 13.7. The molecule has 0 saturated carbocycles. The maximum absolute atomic E-state index is 12.1. The fourth-order valence-corrected chi connectivity index (χ4v) is 2.55. The third-order valence-corrected chi connectivity index (χ3v) is 3.78. The predicted molar refractivity (Wildman–Crippen MR) is 82.0 cm³/mol. The lowest BCUT2D eigenvalue weighted by Crippen LogP contribution is -2.34. The first-order valence-corrected chi connectivity index (χ1v) is 7.96. The Balaban J connectivity index is 2.95. The molecule has 0 spiro atoms. The van der Waals surface area contributed by atoms with E-state index < -0.39 is 24.6 Å². The fourth-order valence-electron chi connectivity index (χ4n) is 1.65. The topological polar surface area (TPSA) is 81.2 Å². The molecule has 1 heterocycles. The molecule has 10 heteroatoms. The largest absolute Gasteiger partial charge is 0.465 e. The van der Waals surface area contributed by atoms with Crippen LogP contribution in [0.5, 0.6) is 0 Å². The molecule has 1 rings (SSSR count). The van der Waals surface area contributed by atoms with Crippen molar-refractivity contribution < 1.29 is 27.5 Å². The second kappa shape index (κ2) is 8.32. The standard InChI is InChI=1S/C14H18F3N3O3S/c1-7(2)11-19-8(3)10(13(22)23-4)12(20-11)24-5-9(21)18-6-14(15,16)17/h7H,5-6H2,1-4H3,(H,18,21). The Morgan fingerprint density at radius 2 is 1.92 bits per heavy atom. The van der Waals surface area contributed by atoms with Crippen molar-refractivity contribution in [2.24, 2.45) is 0 Å². The Kier molecular flexibility index (Phi) is 7.00. The molecule has 0 aliphatic heterocycles. The molecule has 1 N–H and O–H groups in total. The van der Waals surface area contributed by atoms with Crippen LogP contribution < -0.4 is 5.32 Å². The van der Waals surface area contributed by atoms with E-state index in [1.807, 2.05) is 13.8 Å². The number of ether oxygens (including phenoxy) is 1. The number of alkyl halides is 3. The molecule has 0 aromatic carbocycles. The van der Waals surface area contributed by atoms with Gasteiger partial charge in [0.2, 0.25) is 5.91 Å². The summed E-state index contributed by atoms with van der Waals surface area (Å²) in [4.78, 5) is 31.9. The van der Waals surface area contributed by atoms with E-state index in [-0.39, 0.29) is 22.3 Å². The molecule has 134 valence electrons. The zero-order chi connectivity index (χ0) is 18.5. The number of carbonyl (C=O) groups excluding carboxylic acids is 2. The highest BCUT2D eigenvalue weighted by Crippen LogP contribution is 2.25. The van der Waals surface area contributed by atoms with Crippen LogP contribution in [0.15, 0.2) is 5.03 Å². The van der Waals surface area contributed by atoms with Crippen LogP contribution in [0.1, 0.15) is 41.6 Å². The monoisotopic (exact) mass is 365 g/mol. The van der Waals surface area contributed by atoms with Gasteiger partial charge in [0.1, 0.15) is 23.0 Å². The highest BCUT2D eigenvalue weighted by molar-refractivity contribution is 8.00. The van der Waals surface area contributed by atoms with Crippen LogP contribution in [0.3, 0.4) is 0 Å².